The predicted molar refractivity (Wildman–Crippen MR) is 74.5 cm³/mol. The second-order valence-corrected chi connectivity index (χ2v) is 5.49. The zero-order valence-electron chi connectivity index (χ0n) is 11.8. The van der Waals surface area contributed by atoms with E-state index in [1.54, 1.807) is 0 Å². The summed E-state index contributed by atoms with van der Waals surface area (Å²) in [6, 6.07) is 8.00. The summed E-state index contributed by atoms with van der Waals surface area (Å²) in [6.07, 6.45) is 1.47. The second kappa shape index (κ2) is 4.90. The molecule has 2 unspecified atom stereocenters. The van der Waals surface area contributed by atoms with Gasteiger partial charge < -0.3 is 15.0 Å². The highest BCUT2D eigenvalue weighted by Gasteiger charge is 2.33. The molecule has 0 aliphatic carbocycles. The molecule has 2 heterocycles. The molecule has 2 N–H and O–H groups in total. The number of fused-ring (bicyclic) bond motifs is 1. The third-order valence-corrected chi connectivity index (χ3v) is 4.12. The maximum absolute atomic E-state index is 5.87. The van der Waals surface area contributed by atoms with Crippen molar-refractivity contribution < 1.29 is 9.26 Å². The van der Waals surface area contributed by atoms with Gasteiger partial charge in [0.2, 0.25) is 11.7 Å². The van der Waals surface area contributed by atoms with Gasteiger partial charge in [-0.3, -0.25) is 0 Å². The minimum atomic E-state index is -0.267. The molecule has 0 saturated carbocycles. The Morgan fingerprint density at radius 2 is 2.20 bits per heavy atom. The molecule has 5 nitrogen and oxygen atoms in total. The van der Waals surface area contributed by atoms with Crippen LogP contribution in [0.25, 0.3) is 0 Å². The summed E-state index contributed by atoms with van der Waals surface area (Å²) in [4.78, 5) is 4.51. The number of para-hydroxylation sites is 1. The molecule has 3 rings (SSSR count). The molecule has 20 heavy (non-hydrogen) atoms. The third-order valence-electron chi connectivity index (χ3n) is 4.12. The summed E-state index contributed by atoms with van der Waals surface area (Å²) in [6.45, 7) is 4.59. The molecule has 0 saturated heterocycles. The van der Waals surface area contributed by atoms with Gasteiger partial charge in [-0.2, -0.15) is 4.98 Å². The average Bonchev–Trinajstić information content (AvgIpc) is 3.12. The van der Waals surface area contributed by atoms with E-state index in [0.717, 1.165) is 18.6 Å². The summed E-state index contributed by atoms with van der Waals surface area (Å²) < 4.78 is 11.3. The lowest BCUT2D eigenvalue weighted by Gasteiger charge is -2.20. The topological polar surface area (TPSA) is 74.2 Å². The monoisotopic (exact) mass is 273 g/mol. The first-order chi connectivity index (χ1) is 9.66. The van der Waals surface area contributed by atoms with E-state index >= 15 is 0 Å². The van der Waals surface area contributed by atoms with Crippen LogP contribution in [0, 0.1) is 0 Å². The molecule has 2 aromatic rings. The van der Waals surface area contributed by atoms with Gasteiger partial charge in [0.25, 0.3) is 0 Å². The largest absolute Gasteiger partial charge is 0.482 e. The molecule has 0 amide bonds. The Morgan fingerprint density at radius 3 is 2.90 bits per heavy atom. The van der Waals surface area contributed by atoms with Crippen LogP contribution in [0.15, 0.2) is 28.8 Å². The minimum absolute atomic E-state index is 0.163. The molecule has 0 bridgehead atoms. The van der Waals surface area contributed by atoms with Crippen molar-refractivity contribution in [3.8, 4) is 5.75 Å². The third kappa shape index (κ3) is 2.08. The fourth-order valence-electron chi connectivity index (χ4n) is 2.32. The van der Waals surface area contributed by atoms with Crippen molar-refractivity contribution >= 4 is 0 Å². The van der Waals surface area contributed by atoms with Crippen molar-refractivity contribution in [2.24, 2.45) is 5.73 Å². The first-order valence-electron chi connectivity index (χ1n) is 6.95. The van der Waals surface area contributed by atoms with E-state index in [2.05, 4.69) is 23.1 Å². The summed E-state index contributed by atoms with van der Waals surface area (Å²) in [5.74, 6) is 2.10. The van der Waals surface area contributed by atoms with Crippen LogP contribution in [-0.4, -0.2) is 16.7 Å². The van der Waals surface area contributed by atoms with Crippen LogP contribution in [0.3, 0.4) is 0 Å². The molecule has 106 valence electrons. The van der Waals surface area contributed by atoms with E-state index in [-0.39, 0.29) is 11.5 Å². The van der Waals surface area contributed by atoms with E-state index in [1.165, 1.54) is 5.56 Å². The van der Waals surface area contributed by atoms with Crippen molar-refractivity contribution in [3.05, 3.63) is 41.5 Å². The lowest BCUT2D eigenvalue weighted by molar-refractivity contribution is 0.219. The molecule has 1 aromatic heterocycles. The Hall–Kier alpha value is -1.88. The molecule has 5 heteroatoms. The Balaban J connectivity index is 1.83. The van der Waals surface area contributed by atoms with Crippen LogP contribution in [0.1, 0.15) is 43.7 Å². The first-order valence-corrected chi connectivity index (χ1v) is 6.95. The van der Waals surface area contributed by atoms with Crippen molar-refractivity contribution in [2.45, 2.75) is 38.2 Å². The smallest absolute Gasteiger partial charge is 0.233 e. The summed E-state index contributed by atoms with van der Waals surface area (Å²) in [5, 5.41) is 4.08. The van der Waals surface area contributed by atoms with Gasteiger partial charge in [-0.25, -0.2) is 0 Å². The van der Waals surface area contributed by atoms with Gasteiger partial charge in [0.05, 0.1) is 5.41 Å². The Labute approximate surface area is 118 Å². The molecular weight excluding hydrogens is 254 g/mol. The maximum atomic E-state index is 5.87. The van der Waals surface area contributed by atoms with Crippen LogP contribution in [-0.2, 0) is 11.8 Å². The molecule has 2 atom stereocenters. The molecule has 0 fully saturated rings. The Bertz CT molecular complexity index is 580. The highest BCUT2D eigenvalue weighted by atomic mass is 16.5. The lowest BCUT2D eigenvalue weighted by Crippen LogP contribution is -2.31. The number of rotatable bonds is 4. The number of hydrogen-bond donors (Lipinski definition) is 1. The number of hydrogen-bond acceptors (Lipinski definition) is 5. The number of nitrogens with zero attached hydrogens (tertiary/aromatic N) is 2. The lowest BCUT2D eigenvalue weighted by atomic mass is 9.88. The number of nitrogens with two attached hydrogens (primary N) is 1. The SMILES string of the molecule is CCC(C)(CN)c1nc(C2Cc3ccccc3O2)no1. The highest BCUT2D eigenvalue weighted by molar-refractivity contribution is 5.37. The standard InChI is InChI=1S/C15H19N3O2/c1-3-15(2,9-16)14-17-13(18-20-14)12-8-10-6-4-5-7-11(10)19-12/h4-7,12H,3,8-9,16H2,1-2H3. The van der Waals surface area contributed by atoms with Gasteiger partial charge in [-0.15, -0.1) is 0 Å². The van der Waals surface area contributed by atoms with Gasteiger partial charge in [0.1, 0.15) is 5.75 Å². The quantitative estimate of drug-likeness (QED) is 0.925. The molecule has 1 aromatic carbocycles. The number of ether oxygens (including phenoxy) is 1. The Morgan fingerprint density at radius 1 is 1.40 bits per heavy atom. The zero-order valence-corrected chi connectivity index (χ0v) is 11.8. The van der Waals surface area contributed by atoms with Crippen LogP contribution >= 0.6 is 0 Å². The molecular formula is C15H19N3O2. The summed E-state index contributed by atoms with van der Waals surface area (Å²) in [5.41, 5.74) is 6.74. The fourth-order valence-corrected chi connectivity index (χ4v) is 2.32. The molecule has 0 radical (unpaired) electrons. The van der Waals surface area contributed by atoms with Gasteiger partial charge >= 0.3 is 0 Å². The molecule has 1 aliphatic rings. The normalized spacial score (nSPS) is 20.2. The average molecular weight is 273 g/mol. The van der Waals surface area contributed by atoms with Gasteiger partial charge in [0.15, 0.2) is 6.10 Å². The van der Waals surface area contributed by atoms with Gasteiger partial charge in [-0.05, 0) is 25.0 Å². The minimum Gasteiger partial charge on any atom is -0.482 e. The summed E-state index contributed by atoms with van der Waals surface area (Å²) >= 11 is 0. The van der Waals surface area contributed by atoms with Crippen molar-refractivity contribution in [2.75, 3.05) is 6.54 Å². The van der Waals surface area contributed by atoms with Crippen LogP contribution in [0.4, 0.5) is 0 Å². The van der Waals surface area contributed by atoms with Crippen LogP contribution in [0.5, 0.6) is 5.75 Å². The number of aromatic nitrogens is 2. The molecule has 1 aliphatic heterocycles. The number of benzene rings is 1. The second-order valence-electron chi connectivity index (χ2n) is 5.49. The van der Waals surface area contributed by atoms with Crippen molar-refractivity contribution in [1.82, 2.24) is 10.1 Å². The highest BCUT2D eigenvalue weighted by Crippen LogP contribution is 2.36. The van der Waals surface area contributed by atoms with Crippen LogP contribution < -0.4 is 10.5 Å². The van der Waals surface area contributed by atoms with Crippen molar-refractivity contribution in [1.29, 1.82) is 0 Å². The van der Waals surface area contributed by atoms with Crippen LogP contribution in [0.2, 0.25) is 0 Å². The van der Waals surface area contributed by atoms with E-state index in [9.17, 15) is 0 Å². The predicted octanol–water partition coefficient (Wildman–Crippen LogP) is 2.37. The van der Waals surface area contributed by atoms with E-state index in [1.807, 2.05) is 25.1 Å². The maximum Gasteiger partial charge on any atom is 0.233 e. The molecule has 0 spiro atoms. The Kier molecular flexibility index (Phi) is 3.22. The zero-order chi connectivity index (χ0) is 14.2. The fraction of sp³-hybridized carbons (Fsp3) is 0.467. The van der Waals surface area contributed by atoms with Gasteiger partial charge in [0, 0.05) is 13.0 Å². The van der Waals surface area contributed by atoms with E-state index in [0.29, 0.717) is 18.3 Å². The van der Waals surface area contributed by atoms with Gasteiger partial charge in [-0.1, -0.05) is 30.3 Å². The first kappa shape index (κ1) is 13.1. The van der Waals surface area contributed by atoms with Crippen molar-refractivity contribution in [3.63, 3.8) is 0 Å². The van der Waals surface area contributed by atoms with E-state index in [4.69, 9.17) is 15.0 Å². The van der Waals surface area contributed by atoms with E-state index < -0.39 is 0 Å². The summed E-state index contributed by atoms with van der Waals surface area (Å²) in [7, 11) is 0.